The Morgan fingerprint density at radius 2 is 2.20 bits per heavy atom. The van der Waals surface area contributed by atoms with Crippen molar-refractivity contribution in [3.8, 4) is 0 Å². The standard InChI is InChI=1S/C12H16N4O7S2/c1-12(2)6(10(18)16(12)23-25(19,20)21)4-8(17)9(15-22-3)7-5-24-11(13)14-7/h5-6H,4H2,1-3H3,(H2,13,14)(H,19,20,21)/b15-9-. The zero-order valence-electron chi connectivity index (χ0n) is 13.5. The maximum atomic E-state index is 12.5. The first-order chi connectivity index (χ1) is 11.5. The molecule has 1 atom stereocenters. The fourth-order valence-electron chi connectivity index (χ4n) is 2.38. The molecule has 1 amide bonds. The molecule has 1 saturated heterocycles. The molecule has 0 aliphatic carbocycles. The van der Waals surface area contributed by atoms with Crippen LogP contribution in [-0.4, -0.2) is 53.1 Å². The van der Waals surface area contributed by atoms with Crippen LogP contribution in [0.25, 0.3) is 0 Å². The zero-order chi connectivity index (χ0) is 19.0. The highest BCUT2D eigenvalue weighted by molar-refractivity contribution is 7.80. The van der Waals surface area contributed by atoms with E-state index in [2.05, 4.69) is 19.3 Å². The Bertz CT molecular complexity index is 830. The molecule has 2 rings (SSSR count). The smallest absolute Gasteiger partial charge is 0.398 e. The van der Waals surface area contributed by atoms with Crippen LogP contribution in [0.15, 0.2) is 10.5 Å². The van der Waals surface area contributed by atoms with Gasteiger partial charge >= 0.3 is 10.4 Å². The first-order valence-corrected chi connectivity index (χ1v) is 9.08. The number of Topliss-reactive ketones (excluding diaryl/α,β-unsaturated/α-hetero) is 1. The molecule has 1 aromatic heterocycles. The summed E-state index contributed by atoms with van der Waals surface area (Å²) in [6.45, 7) is 2.98. The van der Waals surface area contributed by atoms with Crippen LogP contribution in [-0.2, 0) is 29.1 Å². The molecular formula is C12H16N4O7S2. The lowest BCUT2D eigenvalue weighted by atomic mass is 9.74. The van der Waals surface area contributed by atoms with Gasteiger partial charge in [-0.3, -0.25) is 14.1 Å². The van der Waals surface area contributed by atoms with Gasteiger partial charge in [-0.1, -0.05) is 5.16 Å². The lowest BCUT2D eigenvalue weighted by Crippen LogP contribution is -2.68. The summed E-state index contributed by atoms with van der Waals surface area (Å²) in [5, 5.41) is 5.90. The molecule has 2 heterocycles. The van der Waals surface area contributed by atoms with Crippen molar-refractivity contribution >= 4 is 44.3 Å². The molecule has 3 N–H and O–H groups in total. The number of carbonyl (C=O) groups is 2. The van der Waals surface area contributed by atoms with Gasteiger partial charge in [0.15, 0.2) is 16.6 Å². The molecule has 1 aliphatic rings. The van der Waals surface area contributed by atoms with Crippen molar-refractivity contribution < 1.29 is 31.7 Å². The van der Waals surface area contributed by atoms with E-state index >= 15 is 0 Å². The molecule has 0 spiro atoms. The molecule has 25 heavy (non-hydrogen) atoms. The summed E-state index contributed by atoms with van der Waals surface area (Å²) in [6, 6.07) is 0. The number of nitrogens with zero attached hydrogens (tertiary/aromatic N) is 3. The number of nitrogen functional groups attached to an aromatic ring is 1. The second kappa shape index (κ2) is 6.67. The van der Waals surface area contributed by atoms with Crippen LogP contribution >= 0.6 is 11.3 Å². The fraction of sp³-hybridized carbons (Fsp3) is 0.500. The normalized spacial score (nSPS) is 20.3. The van der Waals surface area contributed by atoms with Crippen LogP contribution in [0, 0.1) is 5.92 Å². The maximum absolute atomic E-state index is 12.5. The number of β-lactam (4-membered cyclic amide) rings is 1. The number of oxime groups is 1. The molecule has 0 radical (unpaired) electrons. The van der Waals surface area contributed by atoms with Crippen molar-refractivity contribution in [1.82, 2.24) is 10.0 Å². The average Bonchev–Trinajstić information content (AvgIpc) is 2.92. The molecule has 0 saturated carbocycles. The maximum Gasteiger partial charge on any atom is 0.418 e. The lowest BCUT2D eigenvalue weighted by molar-refractivity contribution is -0.228. The SMILES string of the molecule is CO/N=C(\C(=O)CC1C(=O)N(OS(=O)(=O)O)C1(C)C)c1csc(N)n1. The number of hydrogen-bond donors (Lipinski definition) is 2. The fourth-order valence-corrected chi connectivity index (χ4v) is 3.38. The van der Waals surface area contributed by atoms with Crippen molar-refractivity contribution in [2.45, 2.75) is 25.8 Å². The Morgan fingerprint density at radius 3 is 2.64 bits per heavy atom. The summed E-state index contributed by atoms with van der Waals surface area (Å²) in [5.41, 5.74) is 4.51. The third-order valence-corrected chi connectivity index (χ3v) is 4.66. The van der Waals surface area contributed by atoms with Crippen LogP contribution in [0.2, 0.25) is 0 Å². The molecule has 138 valence electrons. The predicted octanol–water partition coefficient (Wildman–Crippen LogP) is 0.00640. The van der Waals surface area contributed by atoms with E-state index in [1.807, 2.05) is 0 Å². The highest BCUT2D eigenvalue weighted by atomic mass is 32.3. The van der Waals surface area contributed by atoms with E-state index in [0.29, 0.717) is 5.06 Å². The van der Waals surface area contributed by atoms with Gasteiger partial charge in [0.05, 0.1) is 11.5 Å². The van der Waals surface area contributed by atoms with Crippen LogP contribution < -0.4 is 5.73 Å². The van der Waals surface area contributed by atoms with Crippen molar-refractivity contribution in [2.24, 2.45) is 11.1 Å². The summed E-state index contributed by atoms with van der Waals surface area (Å²) in [4.78, 5) is 33.2. The predicted molar refractivity (Wildman–Crippen MR) is 86.7 cm³/mol. The molecular weight excluding hydrogens is 376 g/mol. The number of rotatable bonds is 7. The van der Waals surface area contributed by atoms with Gasteiger partial charge in [0.25, 0.3) is 5.91 Å². The third-order valence-electron chi connectivity index (χ3n) is 3.64. The van der Waals surface area contributed by atoms with Crippen LogP contribution in [0.4, 0.5) is 5.13 Å². The minimum atomic E-state index is -4.85. The summed E-state index contributed by atoms with van der Waals surface area (Å²) in [5.74, 6) is -2.17. The van der Waals surface area contributed by atoms with E-state index < -0.39 is 33.5 Å². The zero-order valence-corrected chi connectivity index (χ0v) is 15.1. The van der Waals surface area contributed by atoms with E-state index in [-0.39, 0.29) is 23.0 Å². The van der Waals surface area contributed by atoms with Gasteiger partial charge in [0.2, 0.25) is 0 Å². The van der Waals surface area contributed by atoms with Gasteiger partial charge in [-0.05, 0) is 13.8 Å². The number of ketones is 1. The van der Waals surface area contributed by atoms with Crippen LogP contribution in [0.1, 0.15) is 26.0 Å². The van der Waals surface area contributed by atoms with E-state index in [9.17, 15) is 18.0 Å². The molecule has 0 aromatic carbocycles. The Labute approximate surface area is 147 Å². The number of carbonyl (C=O) groups excluding carboxylic acids is 2. The van der Waals surface area contributed by atoms with Crippen molar-refractivity contribution in [1.29, 1.82) is 0 Å². The lowest BCUT2D eigenvalue weighted by Gasteiger charge is -2.50. The number of hydrogen-bond acceptors (Lipinski definition) is 10. The second-order valence-electron chi connectivity index (χ2n) is 5.66. The molecule has 1 aliphatic heterocycles. The Balaban J connectivity index is 2.17. The van der Waals surface area contributed by atoms with Gasteiger partial charge in [-0.2, -0.15) is 13.5 Å². The van der Waals surface area contributed by atoms with E-state index in [4.69, 9.17) is 10.3 Å². The van der Waals surface area contributed by atoms with Gasteiger partial charge in [-0.15, -0.1) is 15.6 Å². The largest absolute Gasteiger partial charge is 0.418 e. The second-order valence-corrected chi connectivity index (χ2v) is 7.56. The summed E-state index contributed by atoms with van der Waals surface area (Å²) < 4.78 is 34.5. The summed E-state index contributed by atoms with van der Waals surface area (Å²) in [6.07, 6.45) is -0.281. The van der Waals surface area contributed by atoms with Gasteiger partial charge in [0, 0.05) is 11.8 Å². The monoisotopic (exact) mass is 392 g/mol. The first-order valence-electron chi connectivity index (χ1n) is 6.84. The number of nitrogens with two attached hydrogens (primary N) is 1. The van der Waals surface area contributed by atoms with Crippen molar-refractivity contribution in [3.63, 3.8) is 0 Å². The summed E-state index contributed by atoms with van der Waals surface area (Å²) >= 11 is 1.11. The minimum absolute atomic E-state index is 0.104. The number of thiazole rings is 1. The van der Waals surface area contributed by atoms with Crippen LogP contribution in [0.5, 0.6) is 0 Å². The van der Waals surface area contributed by atoms with Gasteiger partial charge in [0.1, 0.15) is 12.8 Å². The van der Waals surface area contributed by atoms with Gasteiger partial charge < -0.3 is 10.6 Å². The highest BCUT2D eigenvalue weighted by Crippen LogP contribution is 2.40. The number of amides is 1. The Kier molecular flexibility index (Phi) is 5.13. The van der Waals surface area contributed by atoms with Gasteiger partial charge in [-0.25, -0.2) is 4.98 Å². The van der Waals surface area contributed by atoms with Crippen molar-refractivity contribution in [2.75, 3.05) is 12.8 Å². The highest BCUT2D eigenvalue weighted by Gasteiger charge is 2.57. The van der Waals surface area contributed by atoms with Crippen LogP contribution in [0.3, 0.4) is 0 Å². The third kappa shape index (κ3) is 3.95. The number of aromatic nitrogens is 1. The average molecular weight is 392 g/mol. The summed E-state index contributed by atoms with van der Waals surface area (Å²) in [7, 11) is -3.60. The van der Waals surface area contributed by atoms with E-state index in [1.54, 1.807) is 0 Å². The number of hydroxylamine groups is 2. The molecule has 1 fully saturated rings. The van der Waals surface area contributed by atoms with E-state index in [1.165, 1.54) is 26.3 Å². The number of anilines is 1. The topological polar surface area (TPSA) is 161 Å². The Morgan fingerprint density at radius 1 is 1.56 bits per heavy atom. The molecule has 11 nitrogen and oxygen atoms in total. The molecule has 1 aromatic rings. The molecule has 1 unspecified atom stereocenters. The first kappa shape index (κ1) is 19.2. The van der Waals surface area contributed by atoms with E-state index in [0.717, 1.165) is 11.3 Å². The minimum Gasteiger partial charge on any atom is -0.398 e. The quantitative estimate of drug-likeness (QED) is 0.282. The molecule has 0 bridgehead atoms. The molecule has 13 heteroatoms. The van der Waals surface area contributed by atoms with Crippen molar-refractivity contribution in [3.05, 3.63) is 11.1 Å². The Hall–Kier alpha value is -2.09.